The van der Waals surface area contributed by atoms with Gasteiger partial charge in [0.1, 0.15) is 11.5 Å². The molecule has 45 heavy (non-hydrogen) atoms. The van der Waals surface area contributed by atoms with E-state index < -0.39 is 6.09 Å². The van der Waals surface area contributed by atoms with Crippen molar-refractivity contribution in [2.24, 2.45) is 0 Å². The van der Waals surface area contributed by atoms with Crippen molar-refractivity contribution in [3.8, 4) is 11.5 Å². The van der Waals surface area contributed by atoms with Gasteiger partial charge >= 0.3 is 6.09 Å². The van der Waals surface area contributed by atoms with E-state index in [1.54, 1.807) is 17.0 Å². The molecule has 0 atom stereocenters. The maximum Gasteiger partial charge on any atom is 0.417 e. The highest BCUT2D eigenvalue weighted by atomic mass is 16.6. The molecule has 0 aliphatic carbocycles. The number of ether oxygens (including phenoxy) is 2. The Morgan fingerprint density at radius 1 is 0.822 bits per heavy atom. The van der Waals surface area contributed by atoms with Crippen LogP contribution in [0.2, 0.25) is 0 Å². The minimum Gasteiger partial charge on any atom is -0.489 e. The van der Waals surface area contributed by atoms with E-state index in [0.717, 1.165) is 73.0 Å². The van der Waals surface area contributed by atoms with Gasteiger partial charge in [-0.1, -0.05) is 48.0 Å². The Morgan fingerprint density at radius 3 is 2.38 bits per heavy atom. The van der Waals surface area contributed by atoms with Gasteiger partial charge in [0, 0.05) is 56.2 Å². The molecule has 4 aromatic carbocycles. The molecule has 6 rings (SSSR count). The SMILES string of the molecule is Cc1ccc(OC(=O)Nc2ccc3c(c2)N(C(=O)c2cccc(CN4CCN(c5ccccc5OC(C)C)CC4)c2)CC3)cc1. The predicted molar refractivity (Wildman–Crippen MR) is 179 cm³/mol. The number of hydrogen-bond donors (Lipinski definition) is 1. The predicted octanol–water partition coefficient (Wildman–Crippen LogP) is 6.92. The second-order valence-corrected chi connectivity index (χ2v) is 12.0. The molecule has 2 amide bonds. The van der Waals surface area contributed by atoms with Crippen molar-refractivity contribution in [1.29, 1.82) is 0 Å². The topological polar surface area (TPSA) is 74.4 Å². The number of carbonyl (C=O) groups is 2. The number of benzene rings is 4. The van der Waals surface area contributed by atoms with Crippen LogP contribution < -0.4 is 24.6 Å². The third kappa shape index (κ3) is 7.29. The number of rotatable bonds is 8. The first kappa shape index (κ1) is 30.2. The van der Waals surface area contributed by atoms with E-state index in [2.05, 4.69) is 47.2 Å². The minimum atomic E-state index is -0.573. The van der Waals surface area contributed by atoms with Crippen LogP contribution in [0.4, 0.5) is 21.9 Å². The van der Waals surface area contributed by atoms with Crippen molar-refractivity contribution >= 4 is 29.1 Å². The van der Waals surface area contributed by atoms with Crippen molar-refractivity contribution in [2.45, 2.75) is 39.8 Å². The Morgan fingerprint density at radius 2 is 1.60 bits per heavy atom. The molecular weight excluding hydrogens is 564 g/mol. The average Bonchev–Trinajstić information content (AvgIpc) is 3.46. The van der Waals surface area contributed by atoms with Crippen molar-refractivity contribution in [1.82, 2.24) is 4.90 Å². The zero-order valence-electron chi connectivity index (χ0n) is 26.2. The minimum absolute atomic E-state index is 0.0402. The number of nitrogens with zero attached hydrogens (tertiary/aromatic N) is 3. The van der Waals surface area contributed by atoms with E-state index in [1.165, 1.54) is 0 Å². The fourth-order valence-electron chi connectivity index (χ4n) is 5.96. The standard InChI is InChI=1S/C37H40N4O4/c1-26(2)44-35-10-5-4-9-33(35)40-21-19-39(20-22-40)25-28-7-6-8-30(23-28)36(42)41-18-17-29-13-14-31(24-34(29)41)38-37(43)45-32-15-11-27(3)12-16-32/h4-16,23-24,26H,17-22,25H2,1-3H3,(H,38,43). The van der Waals surface area contributed by atoms with Crippen molar-refractivity contribution in [3.05, 3.63) is 113 Å². The largest absolute Gasteiger partial charge is 0.489 e. The summed E-state index contributed by atoms with van der Waals surface area (Å²) in [5.41, 5.74) is 6.49. The number of nitrogens with one attached hydrogen (secondary N) is 1. The lowest BCUT2D eigenvalue weighted by atomic mass is 10.1. The van der Waals surface area contributed by atoms with Crippen LogP contribution in [0.15, 0.2) is 91.0 Å². The molecule has 1 fully saturated rings. The van der Waals surface area contributed by atoms with Crippen LogP contribution in [0.5, 0.6) is 11.5 Å². The lowest BCUT2D eigenvalue weighted by Gasteiger charge is -2.37. The number of anilines is 3. The van der Waals surface area contributed by atoms with Gasteiger partial charge in [-0.2, -0.15) is 0 Å². The molecule has 1 saturated heterocycles. The van der Waals surface area contributed by atoms with Crippen LogP contribution in [0.1, 0.15) is 40.9 Å². The third-order valence-corrected chi connectivity index (χ3v) is 8.22. The van der Waals surface area contributed by atoms with E-state index in [0.29, 0.717) is 23.5 Å². The normalized spacial score (nSPS) is 14.8. The molecular formula is C37H40N4O4. The first-order valence-electron chi connectivity index (χ1n) is 15.6. The van der Waals surface area contributed by atoms with Gasteiger partial charge in [0.25, 0.3) is 5.91 Å². The molecule has 0 saturated carbocycles. The van der Waals surface area contributed by atoms with Gasteiger partial charge in [-0.15, -0.1) is 0 Å². The maximum atomic E-state index is 13.7. The summed E-state index contributed by atoms with van der Waals surface area (Å²) in [5.74, 6) is 1.36. The van der Waals surface area contributed by atoms with E-state index in [1.807, 2.05) is 67.6 Å². The zero-order valence-corrected chi connectivity index (χ0v) is 26.2. The number of amides is 2. The number of hydrogen-bond acceptors (Lipinski definition) is 6. The lowest BCUT2D eigenvalue weighted by Crippen LogP contribution is -2.46. The van der Waals surface area contributed by atoms with Crippen molar-refractivity contribution in [3.63, 3.8) is 0 Å². The highest BCUT2D eigenvalue weighted by Gasteiger charge is 2.27. The summed E-state index contributed by atoms with van der Waals surface area (Å²) in [6.45, 7) is 11.1. The van der Waals surface area contributed by atoms with Gasteiger partial charge in [0.15, 0.2) is 0 Å². The summed E-state index contributed by atoms with van der Waals surface area (Å²) in [6.07, 6.45) is 0.324. The van der Waals surface area contributed by atoms with E-state index >= 15 is 0 Å². The molecule has 0 spiro atoms. The van der Waals surface area contributed by atoms with Crippen LogP contribution in [-0.2, 0) is 13.0 Å². The molecule has 0 aromatic heterocycles. The Bertz CT molecular complexity index is 1660. The maximum absolute atomic E-state index is 13.7. The number of aryl methyl sites for hydroxylation is 1. The number of para-hydroxylation sites is 2. The van der Waals surface area contributed by atoms with Gasteiger partial charge < -0.3 is 19.3 Å². The Hall–Kier alpha value is -4.82. The molecule has 2 aliphatic heterocycles. The molecule has 2 heterocycles. The first-order chi connectivity index (χ1) is 21.8. The number of fused-ring (bicyclic) bond motifs is 1. The van der Waals surface area contributed by atoms with Crippen LogP contribution >= 0.6 is 0 Å². The third-order valence-electron chi connectivity index (χ3n) is 8.22. The van der Waals surface area contributed by atoms with E-state index in [4.69, 9.17) is 9.47 Å². The van der Waals surface area contributed by atoms with Crippen molar-refractivity contribution < 1.29 is 19.1 Å². The number of piperazine rings is 1. The summed E-state index contributed by atoms with van der Waals surface area (Å²) in [5, 5.41) is 2.80. The molecule has 2 aliphatic rings. The van der Waals surface area contributed by atoms with Crippen LogP contribution in [0.25, 0.3) is 0 Å². The highest BCUT2D eigenvalue weighted by molar-refractivity contribution is 6.07. The molecule has 0 radical (unpaired) electrons. The first-order valence-corrected chi connectivity index (χ1v) is 15.6. The smallest absolute Gasteiger partial charge is 0.417 e. The Labute approximate surface area is 265 Å². The molecule has 232 valence electrons. The quantitative estimate of drug-likeness (QED) is 0.235. The van der Waals surface area contributed by atoms with Gasteiger partial charge in [0.05, 0.1) is 11.8 Å². The monoisotopic (exact) mass is 604 g/mol. The van der Waals surface area contributed by atoms with Crippen LogP contribution in [-0.4, -0.2) is 55.7 Å². The molecule has 1 N–H and O–H groups in total. The van der Waals surface area contributed by atoms with Gasteiger partial charge in [-0.3, -0.25) is 15.0 Å². The summed E-state index contributed by atoms with van der Waals surface area (Å²) < 4.78 is 11.5. The Balaban J connectivity index is 1.07. The average molecular weight is 605 g/mol. The van der Waals surface area contributed by atoms with E-state index in [-0.39, 0.29) is 12.0 Å². The molecule has 8 nitrogen and oxygen atoms in total. The zero-order chi connectivity index (χ0) is 31.3. The van der Waals surface area contributed by atoms with E-state index in [9.17, 15) is 9.59 Å². The highest BCUT2D eigenvalue weighted by Crippen LogP contribution is 2.33. The summed E-state index contributed by atoms with van der Waals surface area (Å²) >= 11 is 0. The van der Waals surface area contributed by atoms with Gasteiger partial charge in [-0.25, -0.2) is 4.79 Å². The summed E-state index contributed by atoms with van der Waals surface area (Å²) in [6, 6.07) is 29.2. The molecule has 0 unspecified atom stereocenters. The van der Waals surface area contributed by atoms with Gasteiger partial charge in [0.2, 0.25) is 0 Å². The Kier molecular flexibility index (Phi) is 9.03. The second kappa shape index (κ2) is 13.4. The van der Waals surface area contributed by atoms with Gasteiger partial charge in [-0.05, 0) is 86.8 Å². The number of carbonyl (C=O) groups excluding carboxylic acids is 2. The van der Waals surface area contributed by atoms with Crippen LogP contribution in [0, 0.1) is 6.92 Å². The lowest BCUT2D eigenvalue weighted by molar-refractivity contribution is 0.0989. The molecule has 8 heteroatoms. The molecule has 0 bridgehead atoms. The summed E-state index contributed by atoms with van der Waals surface area (Å²) in [7, 11) is 0. The molecule has 4 aromatic rings. The van der Waals surface area contributed by atoms with Crippen LogP contribution in [0.3, 0.4) is 0 Å². The summed E-state index contributed by atoms with van der Waals surface area (Å²) in [4.78, 5) is 32.9. The fourth-order valence-corrected chi connectivity index (χ4v) is 5.96. The van der Waals surface area contributed by atoms with Crippen molar-refractivity contribution in [2.75, 3.05) is 47.8 Å². The second-order valence-electron chi connectivity index (χ2n) is 12.0. The fraction of sp³-hybridized carbons (Fsp3) is 0.297.